The Hall–Kier alpha value is -2.08. The highest BCUT2D eigenvalue weighted by Crippen LogP contribution is 2.18. The SMILES string of the molecule is CCN(CCNC(=O)CNC(=O)CN)c1ccccc1C. The van der Waals surface area contributed by atoms with Crippen LogP contribution in [-0.2, 0) is 9.59 Å². The number of para-hydroxylation sites is 1. The van der Waals surface area contributed by atoms with Gasteiger partial charge in [0.15, 0.2) is 0 Å². The number of likely N-dealkylation sites (N-methyl/N-ethyl adjacent to an activating group) is 1. The Kier molecular flexibility index (Phi) is 7.25. The van der Waals surface area contributed by atoms with Crippen LogP contribution in [-0.4, -0.2) is 44.5 Å². The first-order valence-corrected chi connectivity index (χ1v) is 7.12. The molecule has 0 saturated heterocycles. The zero-order valence-corrected chi connectivity index (χ0v) is 12.7. The van der Waals surface area contributed by atoms with Crippen LogP contribution in [0.3, 0.4) is 0 Å². The van der Waals surface area contributed by atoms with Gasteiger partial charge in [-0.3, -0.25) is 9.59 Å². The molecule has 0 saturated carbocycles. The van der Waals surface area contributed by atoms with Gasteiger partial charge in [-0.2, -0.15) is 0 Å². The molecule has 116 valence electrons. The first kappa shape index (κ1) is 17.0. The lowest BCUT2D eigenvalue weighted by Crippen LogP contribution is -2.42. The Morgan fingerprint density at radius 2 is 1.90 bits per heavy atom. The molecule has 0 unspecified atom stereocenters. The average Bonchev–Trinajstić information content (AvgIpc) is 2.50. The van der Waals surface area contributed by atoms with E-state index in [1.165, 1.54) is 11.3 Å². The maximum absolute atomic E-state index is 11.6. The third-order valence-corrected chi connectivity index (χ3v) is 3.17. The van der Waals surface area contributed by atoms with E-state index in [-0.39, 0.29) is 24.9 Å². The number of nitrogens with one attached hydrogen (secondary N) is 2. The molecule has 0 heterocycles. The van der Waals surface area contributed by atoms with Crippen LogP contribution in [0, 0.1) is 6.92 Å². The Balaban J connectivity index is 2.38. The van der Waals surface area contributed by atoms with Crippen molar-refractivity contribution in [2.45, 2.75) is 13.8 Å². The lowest BCUT2D eigenvalue weighted by Gasteiger charge is -2.25. The Labute approximate surface area is 125 Å². The van der Waals surface area contributed by atoms with Crippen LogP contribution in [0.5, 0.6) is 0 Å². The van der Waals surface area contributed by atoms with Crippen LogP contribution in [0.1, 0.15) is 12.5 Å². The highest BCUT2D eigenvalue weighted by atomic mass is 16.2. The lowest BCUT2D eigenvalue weighted by molar-refractivity contribution is -0.125. The Bertz CT molecular complexity index is 476. The van der Waals surface area contributed by atoms with Crippen LogP contribution in [0.4, 0.5) is 5.69 Å². The number of anilines is 1. The van der Waals surface area contributed by atoms with E-state index in [9.17, 15) is 9.59 Å². The van der Waals surface area contributed by atoms with Gasteiger partial charge in [-0.05, 0) is 25.5 Å². The molecule has 0 spiro atoms. The molecule has 0 aromatic heterocycles. The van der Waals surface area contributed by atoms with Gasteiger partial charge in [-0.15, -0.1) is 0 Å². The summed E-state index contributed by atoms with van der Waals surface area (Å²) in [5, 5.41) is 5.22. The fraction of sp³-hybridized carbons (Fsp3) is 0.467. The molecule has 4 N–H and O–H groups in total. The topological polar surface area (TPSA) is 87.5 Å². The Morgan fingerprint density at radius 1 is 1.19 bits per heavy atom. The van der Waals surface area contributed by atoms with Gasteiger partial charge in [0.2, 0.25) is 11.8 Å². The Morgan fingerprint density at radius 3 is 2.52 bits per heavy atom. The van der Waals surface area contributed by atoms with Gasteiger partial charge in [0.25, 0.3) is 0 Å². The zero-order chi connectivity index (χ0) is 15.7. The van der Waals surface area contributed by atoms with Crippen molar-refractivity contribution in [3.05, 3.63) is 29.8 Å². The van der Waals surface area contributed by atoms with E-state index >= 15 is 0 Å². The van der Waals surface area contributed by atoms with Crippen molar-refractivity contribution < 1.29 is 9.59 Å². The van der Waals surface area contributed by atoms with Crippen LogP contribution in [0.25, 0.3) is 0 Å². The predicted octanol–water partition coefficient (Wildman–Crippen LogP) is 0.0124. The summed E-state index contributed by atoms with van der Waals surface area (Å²) in [6, 6.07) is 8.15. The summed E-state index contributed by atoms with van der Waals surface area (Å²) >= 11 is 0. The summed E-state index contributed by atoms with van der Waals surface area (Å²) in [7, 11) is 0. The normalized spacial score (nSPS) is 10.0. The van der Waals surface area contributed by atoms with E-state index in [0.29, 0.717) is 6.54 Å². The molecule has 0 aliphatic rings. The fourth-order valence-corrected chi connectivity index (χ4v) is 2.01. The molecule has 0 aliphatic heterocycles. The van der Waals surface area contributed by atoms with E-state index in [4.69, 9.17) is 5.73 Å². The lowest BCUT2D eigenvalue weighted by atomic mass is 10.2. The van der Waals surface area contributed by atoms with Crippen LogP contribution in [0.15, 0.2) is 24.3 Å². The molecular formula is C15H24N4O2. The van der Waals surface area contributed by atoms with Gasteiger partial charge in [0, 0.05) is 25.3 Å². The molecule has 0 radical (unpaired) electrons. The van der Waals surface area contributed by atoms with Crippen LogP contribution in [0.2, 0.25) is 0 Å². The van der Waals surface area contributed by atoms with Gasteiger partial charge < -0.3 is 21.3 Å². The fourth-order valence-electron chi connectivity index (χ4n) is 2.01. The van der Waals surface area contributed by atoms with Gasteiger partial charge in [0.05, 0.1) is 13.1 Å². The van der Waals surface area contributed by atoms with E-state index in [2.05, 4.69) is 41.5 Å². The minimum absolute atomic E-state index is 0.0352. The number of benzene rings is 1. The van der Waals surface area contributed by atoms with E-state index < -0.39 is 0 Å². The van der Waals surface area contributed by atoms with Crippen LogP contribution < -0.4 is 21.3 Å². The van der Waals surface area contributed by atoms with Crippen molar-refractivity contribution in [3.8, 4) is 0 Å². The van der Waals surface area contributed by atoms with E-state index in [0.717, 1.165) is 13.1 Å². The summed E-state index contributed by atoms with van der Waals surface area (Å²) in [6.45, 7) is 6.12. The molecule has 0 aliphatic carbocycles. The molecular weight excluding hydrogens is 268 g/mol. The van der Waals surface area contributed by atoms with Crippen LogP contribution >= 0.6 is 0 Å². The first-order valence-electron chi connectivity index (χ1n) is 7.12. The van der Waals surface area contributed by atoms with Gasteiger partial charge in [-0.1, -0.05) is 18.2 Å². The molecule has 1 aromatic carbocycles. The molecule has 1 rings (SSSR count). The number of rotatable bonds is 8. The molecule has 0 fully saturated rings. The molecule has 6 nitrogen and oxygen atoms in total. The molecule has 6 heteroatoms. The summed E-state index contributed by atoms with van der Waals surface area (Å²) < 4.78 is 0. The summed E-state index contributed by atoms with van der Waals surface area (Å²) in [5.41, 5.74) is 7.53. The zero-order valence-electron chi connectivity index (χ0n) is 12.7. The highest BCUT2D eigenvalue weighted by Gasteiger charge is 2.08. The standard InChI is InChI=1S/C15H24N4O2/c1-3-19(13-7-5-4-6-12(13)2)9-8-17-15(21)11-18-14(20)10-16/h4-7H,3,8-11,16H2,1-2H3,(H,17,21)(H,18,20). The van der Waals surface area contributed by atoms with E-state index in [1.807, 2.05) is 12.1 Å². The minimum Gasteiger partial charge on any atom is -0.370 e. The number of hydrogen-bond donors (Lipinski definition) is 3. The summed E-state index contributed by atoms with van der Waals surface area (Å²) in [6.07, 6.45) is 0. The van der Waals surface area contributed by atoms with Gasteiger partial charge >= 0.3 is 0 Å². The smallest absolute Gasteiger partial charge is 0.239 e. The van der Waals surface area contributed by atoms with Crippen molar-refractivity contribution in [2.75, 3.05) is 37.6 Å². The number of aryl methyl sites for hydroxylation is 1. The first-order chi connectivity index (χ1) is 10.1. The van der Waals surface area contributed by atoms with Crippen molar-refractivity contribution >= 4 is 17.5 Å². The second-order valence-electron chi connectivity index (χ2n) is 4.70. The van der Waals surface area contributed by atoms with E-state index in [1.54, 1.807) is 0 Å². The number of nitrogens with two attached hydrogens (primary N) is 1. The number of nitrogens with zero attached hydrogens (tertiary/aromatic N) is 1. The second kappa shape index (κ2) is 8.97. The molecule has 0 atom stereocenters. The molecule has 21 heavy (non-hydrogen) atoms. The second-order valence-corrected chi connectivity index (χ2v) is 4.70. The third-order valence-electron chi connectivity index (χ3n) is 3.17. The predicted molar refractivity (Wildman–Crippen MR) is 84.1 cm³/mol. The summed E-state index contributed by atoms with van der Waals surface area (Å²) in [5.74, 6) is -0.544. The number of hydrogen-bond acceptors (Lipinski definition) is 4. The summed E-state index contributed by atoms with van der Waals surface area (Å²) in [4.78, 5) is 24.7. The monoisotopic (exact) mass is 292 g/mol. The highest BCUT2D eigenvalue weighted by molar-refractivity contribution is 5.85. The van der Waals surface area contributed by atoms with Gasteiger partial charge in [-0.25, -0.2) is 0 Å². The van der Waals surface area contributed by atoms with Crippen molar-refractivity contribution in [1.82, 2.24) is 10.6 Å². The maximum Gasteiger partial charge on any atom is 0.239 e. The van der Waals surface area contributed by atoms with Crippen molar-refractivity contribution in [3.63, 3.8) is 0 Å². The molecule has 0 bridgehead atoms. The number of carbonyl (C=O) groups excluding carboxylic acids is 2. The molecule has 1 aromatic rings. The minimum atomic E-state index is -0.333. The number of amides is 2. The third kappa shape index (κ3) is 5.83. The quantitative estimate of drug-likeness (QED) is 0.630. The van der Waals surface area contributed by atoms with Crippen molar-refractivity contribution in [2.24, 2.45) is 5.73 Å². The maximum atomic E-state index is 11.6. The largest absolute Gasteiger partial charge is 0.370 e. The number of carbonyl (C=O) groups is 2. The van der Waals surface area contributed by atoms with Gasteiger partial charge in [0.1, 0.15) is 0 Å². The average molecular weight is 292 g/mol. The molecule has 2 amide bonds. The van der Waals surface area contributed by atoms with Crippen molar-refractivity contribution in [1.29, 1.82) is 0 Å².